The number of hydrogen-bond donors (Lipinski definition) is 3. The summed E-state index contributed by atoms with van der Waals surface area (Å²) >= 11 is 0. The van der Waals surface area contributed by atoms with E-state index >= 15 is 0 Å². The number of rotatable bonds is 5. The quantitative estimate of drug-likeness (QED) is 0.385. The van der Waals surface area contributed by atoms with Crippen LogP contribution < -0.4 is 11.5 Å². The third kappa shape index (κ3) is 5.37. The van der Waals surface area contributed by atoms with Crippen molar-refractivity contribution in [1.82, 2.24) is 9.97 Å². The Hall–Kier alpha value is -2.26. The van der Waals surface area contributed by atoms with Crippen LogP contribution in [-0.4, -0.2) is 32.7 Å². The van der Waals surface area contributed by atoms with Crippen LogP contribution >= 0.6 is 24.8 Å². The Balaban J connectivity index is 0.00000312. The Kier molecular flexibility index (Phi) is 9.16. The predicted octanol–water partition coefficient (Wildman–Crippen LogP) is 1.25. The van der Waals surface area contributed by atoms with Crippen LogP contribution in [0, 0.1) is 0 Å². The number of nitrogens with two attached hydrogens (primary N) is 2. The summed E-state index contributed by atoms with van der Waals surface area (Å²) in [5.41, 5.74) is 10.9. The van der Waals surface area contributed by atoms with Crippen LogP contribution in [0.3, 0.4) is 0 Å². The number of ether oxygens (including phenoxy) is 1. The molecule has 0 aromatic carbocycles. The van der Waals surface area contributed by atoms with E-state index in [1.165, 1.54) is 24.7 Å². The summed E-state index contributed by atoms with van der Waals surface area (Å²) in [6.45, 7) is 1.54. The highest BCUT2D eigenvalue weighted by Gasteiger charge is 2.43. The van der Waals surface area contributed by atoms with Crippen molar-refractivity contribution < 1.29 is 19.4 Å². The van der Waals surface area contributed by atoms with Crippen molar-refractivity contribution in [1.29, 1.82) is 0 Å². The van der Waals surface area contributed by atoms with Gasteiger partial charge >= 0.3 is 11.9 Å². The molecule has 26 heavy (non-hydrogen) atoms. The molecule has 142 valence electrons. The lowest BCUT2D eigenvalue weighted by molar-refractivity contribution is -0.163. The highest BCUT2D eigenvalue weighted by Crippen LogP contribution is 2.32. The monoisotopic (exact) mass is 402 g/mol. The molecule has 10 heteroatoms. The molecular formula is C16H20Cl2N4O4. The van der Waals surface area contributed by atoms with E-state index in [4.69, 9.17) is 11.5 Å². The highest BCUT2D eigenvalue weighted by molar-refractivity contribution is 5.91. The molecule has 1 atom stereocenters. The minimum atomic E-state index is -2.07. The van der Waals surface area contributed by atoms with E-state index in [9.17, 15) is 14.7 Å². The number of halogens is 2. The van der Waals surface area contributed by atoms with Gasteiger partial charge in [-0.15, -0.1) is 24.8 Å². The van der Waals surface area contributed by atoms with Gasteiger partial charge in [0.05, 0.1) is 12.1 Å². The van der Waals surface area contributed by atoms with E-state index in [1.54, 1.807) is 25.3 Å². The number of esters is 2. The van der Waals surface area contributed by atoms with Gasteiger partial charge in [-0.3, -0.25) is 14.8 Å². The average molecular weight is 403 g/mol. The molecule has 1 unspecified atom stereocenters. The smallest absolute Gasteiger partial charge is 0.349 e. The Bertz CT molecular complexity index is 744. The summed E-state index contributed by atoms with van der Waals surface area (Å²) in [5.74, 6) is -2.86. The van der Waals surface area contributed by atoms with E-state index in [2.05, 4.69) is 14.7 Å². The van der Waals surface area contributed by atoms with Crippen molar-refractivity contribution in [2.45, 2.75) is 24.9 Å². The van der Waals surface area contributed by atoms with Crippen LogP contribution in [0.4, 0.5) is 0 Å². The molecule has 0 aliphatic carbocycles. The highest BCUT2D eigenvalue weighted by atomic mass is 35.5. The van der Waals surface area contributed by atoms with E-state index in [0.29, 0.717) is 11.1 Å². The number of nitrogens with zero attached hydrogens (tertiary/aromatic N) is 2. The summed E-state index contributed by atoms with van der Waals surface area (Å²) in [7, 11) is 0. The van der Waals surface area contributed by atoms with Crippen LogP contribution in [0.5, 0.6) is 5.75 Å². The second-order valence-corrected chi connectivity index (χ2v) is 5.24. The van der Waals surface area contributed by atoms with Crippen molar-refractivity contribution in [3.8, 4) is 5.75 Å². The number of pyridine rings is 2. The SMILES string of the molecule is CCC(=O)OC(=O)C(N)(N)C(c1cccnc1)c1cncc(O)c1.Cl.Cl. The fourth-order valence-corrected chi connectivity index (χ4v) is 2.28. The zero-order valence-corrected chi connectivity index (χ0v) is 15.5. The van der Waals surface area contributed by atoms with Crippen LogP contribution in [0.1, 0.15) is 30.4 Å². The van der Waals surface area contributed by atoms with Crippen LogP contribution in [0.15, 0.2) is 43.0 Å². The molecule has 0 saturated heterocycles. The largest absolute Gasteiger partial charge is 0.506 e. The number of hydrogen-bond acceptors (Lipinski definition) is 8. The summed E-state index contributed by atoms with van der Waals surface area (Å²) in [4.78, 5) is 31.6. The summed E-state index contributed by atoms with van der Waals surface area (Å²) in [5, 5.41) is 9.67. The van der Waals surface area contributed by atoms with E-state index in [0.717, 1.165) is 0 Å². The van der Waals surface area contributed by atoms with Crippen LogP contribution in [-0.2, 0) is 14.3 Å². The standard InChI is InChI=1S/C16H18N4O4.2ClH/c1-2-13(22)24-15(23)16(17,18)14(10-4-3-5-19-7-10)11-6-12(21)9-20-8-11;;/h3-9,14,21H,2,17-18H2,1H3;2*1H. The fourth-order valence-electron chi connectivity index (χ4n) is 2.28. The van der Waals surface area contributed by atoms with Crippen molar-refractivity contribution in [2.24, 2.45) is 11.5 Å². The number of carbonyl (C=O) groups is 2. The molecule has 0 bridgehead atoms. The maximum absolute atomic E-state index is 12.3. The Morgan fingerprint density at radius 3 is 2.38 bits per heavy atom. The summed E-state index contributed by atoms with van der Waals surface area (Å²) in [6, 6.07) is 4.70. The summed E-state index contributed by atoms with van der Waals surface area (Å²) in [6.07, 6.45) is 5.69. The van der Waals surface area contributed by atoms with E-state index in [-0.39, 0.29) is 37.0 Å². The van der Waals surface area contributed by atoms with Gasteiger partial charge in [0.1, 0.15) is 5.75 Å². The first kappa shape index (κ1) is 23.7. The fraction of sp³-hybridized carbons (Fsp3) is 0.250. The molecule has 8 nitrogen and oxygen atoms in total. The average Bonchev–Trinajstić information content (AvgIpc) is 2.55. The predicted molar refractivity (Wildman–Crippen MR) is 99.0 cm³/mol. The number of aromatic hydroxyl groups is 1. The Morgan fingerprint density at radius 1 is 1.19 bits per heavy atom. The van der Waals surface area contributed by atoms with Crippen molar-refractivity contribution in [3.05, 3.63) is 54.1 Å². The molecule has 0 amide bonds. The minimum Gasteiger partial charge on any atom is -0.506 e. The number of carbonyl (C=O) groups excluding carboxylic acids is 2. The summed E-state index contributed by atoms with van der Waals surface area (Å²) < 4.78 is 4.69. The lowest BCUT2D eigenvalue weighted by Crippen LogP contribution is -2.62. The van der Waals surface area contributed by atoms with Crippen LogP contribution in [0.25, 0.3) is 0 Å². The maximum Gasteiger partial charge on any atom is 0.349 e. The van der Waals surface area contributed by atoms with Gasteiger partial charge < -0.3 is 21.3 Å². The molecule has 0 aliphatic heterocycles. The molecule has 0 radical (unpaired) electrons. The molecule has 2 aromatic heterocycles. The van der Waals surface area contributed by atoms with Gasteiger partial charge in [0.25, 0.3) is 0 Å². The van der Waals surface area contributed by atoms with Gasteiger partial charge in [0, 0.05) is 25.0 Å². The minimum absolute atomic E-state index is 0. The Labute approximate surface area is 162 Å². The third-order valence-corrected chi connectivity index (χ3v) is 3.42. The third-order valence-electron chi connectivity index (χ3n) is 3.42. The molecule has 2 aromatic rings. The number of aromatic nitrogens is 2. The van der Waals surface area contributed by atoms with Gasteiger partial charge in [-0.05, 0) is 23.3 Å². The van der Waals surface area contributed by atoms with Crippen LogP contribution in [0.2, 0.25) is 0 Å². The molecule has 0 aliphatic rings. The Morgan fingerprint density at radius 2 is 1.85 bits per heavy atom. The van der Waals surface area contributed by atoms with E-state index in [1.807, 2.05) is 0 Å². The first-order valence-corrected chi connectivity index (χ1v) is 7.23. The topological polar surface area (TPSA) is 141 Å². The maximum atomic E-state index is 12.3. The molecule has 0 saturated carbocycles. The van der Waals surface area contributed by atoms with Gasteiger partial charge in [-0.1, -0.05) is 13.0 Å². The van der Waals surface area contributed by atoms with Crippen molar-refractivity contribution in [3.63, 3.8) is 0 Å². The molecular weight excluding hydrogens is 383 g/mol. The second kappa shape index (κ2) is 10.0. The van der Waals surface area contributed by atoms with E-state index < -0.39 is 23.5 Å². The van der Waals surface area contributed by atoms with Gasteiger partial charge in [0.15, 0.2) is 5.66 Å². The van der Waals surface area contributed by atoms with Crippen molar-refractivity contribution in [2.75, 3.05) is 0 Å². The first-order valence-electron chi connectivity index (χ1n) is 7.23. The second-order valence-electron chi connectivity index (χ2n) is 5.24. The molecule has 5 N–H and O–H groups in total. The van der Waals surface area contributed by atoms with Gasteiger partial charge in [0.2, 0.25) is 0 Å². The van der Waals surface area contributed by atoms with Crippen molar-refractivity contribution >= 4 is 36.8 Å². The molecule has 0 spiro atoms. The normalized spacial score (nSPS) is 11.5. The van der Waals surface area contributed by atoms with Gasteiger partial charge in [-0.25, -0.2) is 4.79 Å². The van der Waals surface area contributed by atoms with Gasteiger partial charge in [-0.2, -0.15) is 0 Å². The molecule has 2 rings (SSSR count). The lowest BCUT2D eigenvalue weighted by Gasteiger charge is -2.31. The molecule has 2 heterocycles. The zero-order valence-electron chi connectivity index (χ0n) is 13.9. The first-order chi connectivity index (χ1) is 11.4. The lowest BCUT2D eigenvalue weighted by atomic mass is 9.82. The zero-order chi connectivity index (χ0) is 17.7. The molecule has 0 fully saturated rings.